The average Bonchev–Trinajstić information content (AvgIpc) is 2.30. The van der Waals surface area contributed by atoms with Gasteiger partial charge in [0.1, 0.15) is 0 Å². The van der Waals surface area contributed by atoms with Gasteiger partial charge >= 0.3 is 0 Å². The van der Waals surface area contributed by atoms with Crippen molar-refractivity contribution >= 4 is 46.3 Å². The van der Waals surface area contributed by atoms with Crippen LogP contribution in [0.1, 0.15) is 0 Å². The van der Waals surface area contributed by atoms with Crippen LogP contribution in [0.15, 0.2) is 34.5 Å². The molecule has 0 saturated carbocycles. The summed E-state index contributed by atoms with van der Waals surface area (Å²) in [6, 6.07) is 6.79. The highest BCUT2D eigenvalue weighted by Crippen LogP contribution is 2.30. The quantitative estimate of drug-likeness (QED) is 0.651. The molecule has 2 rings (SSSR count). The zero-order valence-corrected chi connectivity index (χ0v) is 10.5. The second-order valence-corrected chi connectivity index (χ2v) is 4.08. The Morgan fingerprint density at radius 3 is 2.22 bits per heavy atom. The molecular weight excluding hydrogens is 275 g/mol. The minimum absolute atomic E-state index is 0.0112. The van der Waals surface area contributed by atoms with Gasteiger partial charge in [0.05, 0.1) is 5.69 Å². The van der Waals surface area contributed by atoms with Gasteiger partial charge in [-0.2, -0.15) is 15.1 Å². The zero-order valence-electron chi connectivity index (χ0n) is 9.01. The minimum Gasteiger partial charge on any atom is -0.382 e. The molecule has 6 nitrogen and oxygen atoms in total. The SMILES string of the molecule is Nc1nc(N)c(N=Nc2ccc(Cl)cc2)c(Cl)n1. The summed E-state index contributed by atoms with van der Waals surface area (Å²) in [4.78, 5) is 7.48. The van der Waals surface area contributed by atoms with E-state index < -0.39 is 0 Å². The van der Waals surface area contributed by atoms with Gasteiger partial charge in [-0.3, -0.25) is 0 Å². The van der Waals surface area contributed by atoms with Crippen molar-refractivity contribution in [3.8, 4) is 0 Å². The summed E-state index contributed by atoms with van der Waals surface area (Å²) >= 11 is 11.6. The van der Waals surface area contributed by atoms with Gasteiger partial charge in [-0.05, 0) is 24.3 Å². The van der Waals surface area contributed by atoms with E-state index in [9.17, 15) is 0 Å². The maximum Gasteiger partial charge on any atom is 0.223 e. The molecule has 1 aromatic carbocycles. The molecule has 0 fully saturated rings. The van der Waals surface area contributed by atoms with Gasteiger partial charge in [0.15, 0.2) is 16.7 Å². The van der Waals surface area contributed by atoms with Crippen LogP contribution in [0.3, 0.4) is 0 Å². The Hall–Kier alpha value is -1.92. The van der Waals surface area contributed by atoms with E-state index in [1.807, 2.05) is 0 Å². The third-order valence-electron chi connectivity index (χ3n) is 1.98. The average molecular weight is 283 g/mol. The molecule has 2 aromatic rings. The fourth-order valence-electron chi connectivity index (χ4n) is 1.17. The molecule has 92 valence electrons. The highest BCUT2D eigenvalue weighted by molar-refractivity contribution is 6.32. The lowest BCUT2D eigenvalue weighted by atomic mass is 10.3. The molecule has 0 bridgehead atoms. The van der Waals surface area contributed by atoms with Crippen molar-refractivity contribution in [2.45, 2.75) is 0 Å². The maximum absolute atomic E-state index is 5.84. The normalized spacial score (nSPS) is 11.0. The molecule has 0 amide bonds. The van der Waals surface area contributed by atoms with Crippen molar-refractivity contribution in [1.29, 1.82) is 0 Å². The minimum atomic E-state index is -0.0112. The lowest BCUT2D eigenvalue weighted by Crippen LogP contribution is -1.99. The fraction of sp³-hybridized carbons (Fsp3) is 0. The van der Waals surface area contributed by atoms with Crippen LogP contribution in [0.25, 0.3) is 0 Å². The van der Waals surface area contributed by atoms with Gasteiger partial charge in [-0.15, -0.1) is 5.11 Å². The lowest BCUT2D eigenvalue weighted by Gasteiger charge is -2.01. The van der Waals surface area contributed by atoms with Crippen LogP contribution in [0.4, 0.5) is 23.1 Å². The van der Waals surface area contributed by atoms with Gasteiger partial charge in [0.25, 0.3) is 0 Å². The number of aromatic nitrogens is 2. The first-order chi connectivity index (χ1) is 8.56. The molecule has 1 heterocycles. The summed E-state index contributed by atoms with van der Waals surface area (Å²) in [5.41, 5.74) is 11.8. The molecule has 0 aliphatic heterocycles. The molecule has 8 heteroatoms. The Labute approximate surface area is 113 Å². The highest BCUT2D eigenvalue weighted by Gasteiger charge is 2.08. The first-order valence-corrected chi connectivity index (χ1v) is 5.57. The Morgan fingerprint density at radius 1 is 0.944 bits per heavy atom. The van der Waals surface area contributed by atoms with E-state index in [1.165, 1.54) is 0 Å². The molecule has 0 unspecified atom stereocenters. The summed E-state index contributed by atoms with van der Waals surface area (Å²) in [7, 11) is 0. The van der Waals surface area contributed by atoms with E-state index >= 15 is 0 Å². The second-order valence-electron chi connectivity index (χ2n) is 3.28. The van der Waals surface area contributed by atoms with E-state index in [0.717, 1.165) is 0 Å². The molecular formula is C10H8Cl2N6. The van der Waals surface area contributed by atoms with Crippen LogP contribution >= 0.6 is 23.2 Å². The molecule has 0 saturated heterocycles. The molecule has 1 aromatic heterocycles. The van der Waals surface area contributed by atoms with Crippen molar-refractivity contribution in [1.82, 2.24) is 9.97 Å². The van der Waals surface area contributed by atoms with Crippen molar-refractivity contribution in [3.05, 3.63) is 34.4 Å². The number of anilines is 2. The van der Waals surface area contributed by atoms with E-state index in [-0.39, 0.29) is 22.6 Å². The molecule has 0 aliphatic carbocycles. The monoisotopic (exact) mass is 282 g/mol. The highest BCUT2D eigenvalue weighted by atomic mass is 35.5. The second kappa shape index (κ2) is 5.16. The Morgan fingerprint density at radius 2 is 1.61 bits per heavy atom. The number of hydrogen-bond acceptors (Lipinski definition) is 6. The first-order valence-electron chi connectivity index (χ1n) is 4.82. The van der Waals surface area contributed by atoms with Gasteiger partial charge in [0.2, 0.25) is 5.95 Å². The molecule has 18 heavy (non-hydrogen) atoms. The number of nitrogens with two attached hydrogens (primary N) is 2. The fourth-order valence-corrected chi connectivity index (χ4v) is 1.52. The van der Waals surface area contributed by atoms with Crippen LogP contribution in [0.5, 0.6) is 0 Å². The number of hydrogen-bond donors (Lipinski definition) is 2. The van der Waals surface area contributed by atoms with Crippen LogP contribution < -0.4 is 11.5 Å². The zero-order chi connectivity index (χ0) is 13.1. The third kappa shape index (κ3) is 2.85. The van der Waals surface area contributed by atoms with E-state index in [4.69, 9.17) is 34.7 Å². The number of azo groups is 1. The smallest absolute Gasteiger partial charge is 0.223 e. The lowest BCUT2D eigenvalue weighted by molar-refractivity contribution is 1.14. The van der Waals surface area contributed by atoms with E-state index in [1.54, 1.807) is 24.3 Å². The standard InChI is InChI=1S/C10H8Cl2N6/c11-5-1-3-6(4-2-5)17-18-7-8(12)15-10(14)16-9(7)13/h1-4H,(H4,13,14,15,16). The van der Waals surface area contributed by atoms with Crippen molar-refractivity contribution in [2.24, 2.45) is 10.2 Å². The van der Waals surface area contributed by atoms with Crippen molar-refractivity contribution in [3.63, 3.8) is 0 Å². The molecule has 0 spiro atoms. The van der Waals surface area contributed by atoms with E-state index in [0.29, 0.717) is 10.7 Å². The largest absolute Gasteiger partial charge is 0.382 e. The molecule has 0 radical (unpaired) electrons. The number of benzene rings is 1. The Bertz CT molecular complexity index is 573. The van der Waals surface area contributed by atoms with Crippen molar-refractivity contribution in [2.75, 3.05) is 11.5 Å². The number of nitrogen functional groups attached to an aromatic ring is 2. The van der Waals surface area contributed by atoms with Gasteiger partial charge < -0.3 is 11.5 Å². The topological polar surface area (TPSA) is 103 Å². The van der Waals surface area contributed by atoms with Crippen LogP contribution in [0, 0.1) is 0 Å². The predicted octanol–water partition coefficient (Wildman–Crippen LogP) is 3.36. The summed E-state index contributed by atoms with van der Waals surface area (Å²) in [6.45, 7) is 0. The predicted molar refractivity (Wildman–Crippen MR) is 71.5 cm³/mol. The summed E-state index contributed by atoms with van der Waals surface area (Å²) in [5, 5.41) is 8.51. The summed E-state index contributed by atoms with van der Waals surface area (Å²) < 4.78 is 0. The van der Waals surface area contributed by atoms with E-state index in [2.05, 4.69) is 20.2 Å². The van der Waals surface area contributed by atoms with Gasteiger partial charge in [-0.25, -0.2) is 0 Å². The van der Waals surface area contributed by atoms with Gasteiger partial charge in [0, 0.05) is 5.02 Å². The third-order valence-corrected chi connectivity index (χ3v) is 2.49. The number of nitrogens with zero attached hydrogens (tertiary/aromatic N) is 4. The Balaban J connectivity index is 2.31. The number of rotatable bonds is 2. The molecule has 0 aliphatic rings. The Kier molecular flexibility index (Phi) is 3.59. The molecule has 0 atom stereocenters. The van der Waals surface area contributed by atoms with Crippen LogP contribution in [-0.2, 0) is 0 Å². The summed E-state index contributed by atoms with van der Waals surface area (Å²) in [5.74, 6) is 0.0631. The number of halogens is 2. The van der Waals surface area contributed by atoms with Gasteiger partial charge in [-0.1, -0.05) is 23.2 Å². The first kappa shape index (κ1) is 12.5. The van der Waals surface area contributed by atoms with Crippen LogP contribution in [-0.4, -0.2) is 9.97 Å². The maximum atomic E-state index is 5.84. The van der Waals surface area contributed by atoms with Crippen molar-refractivity contribution < 1.29 is 0 Å². The summed E-state index contributed by atoms with van der Waals surface area (Å²) in [6.07, 6.45) is 0. The van der Waals surface area contributed by atoms with Crippen LogP contribution in [0.2, 0.25) is 10.2 Å². The molecule has 4 N–H and O–H groups in total.